The number of hydrogen-bond donors (Lipinski definition) is 0. The third-order valence-electron chi connectivity index (χ3n) is 4.34. The first-order valence-corrected chi connectivity index (χ1v) is 8.88. The molecule has 0 fully saturated rings. The largest absolute Gasteiger partial charge is 0.466 e. The molecule has 2 aromatic rings. The minimum absolute atomic E-state index is 0. The van der Waals surface area contributed by atoms with Crippen LogP contribution in [0.5, 0.6) is 0 Å². The van der Waals surface area contributed by atoms with E-state index >= 15 is 0 Å². The van der Waals surface area contributed by atoms with Crippen LogP contribution < -0.4 is 0 Å². The summed E-state index contributed by atoms with van der Waals surface area (Å²) in [6, 6.07) is 16.5. The zero-order chi connectivity index (χ0) is 18.9. The Morgan fingerprint density at radius 1 is 1.04 bits per heavy atom. The van der Waals surface area contributed by atoms with Gasteiger partial charge in [0.25, 0.3) is 0 Å². The van der Waals surface area contributed by atoms with Crippen molar-refractivity contribution in [3.63, 3.8) is 0 Å². The first-order valence-electron chi connectivity index (χ1n) is 8.88. The molecule has 0 saturated heterocycles. The molecule has 27 heavy (non-hydrogen) atoms. The molecule has 2 rings (SSSR count). The van der Waals surface area contributed by atoms with Gasteiger partial charge in [-0.1, -0.05) is 19.1 Å². The summed E-state index contributed by atoms with van der Waals surface area (Å²) in [6.07, 6.45) is 1.10. The Bertz CT molecular complexity index is 716. The van der Waals surface area contributed by atoms with Gasteiger partial charge in [0.2, 0.25) is 0 Å². The summed E-state index contributed by atoms with van der Waals surface area (Å²) < 4.78 is 18.2. The van der Waals surface area contributed by atoms with Gasteiger partial charge in [0.15, 0.2) is 0 Å². The standard InChI is InChI=1S/C22H24FO3.Y/c1-3-26-22(25)19(14-18-9-11-20(23)12-10-18)15-21(24)16(2)13-17-7-5-4-6-8-17;/h5-12,16,19H,3,13-15H2,1-2H3;/q-1;/t16-,19+;/m0./s1. The average Bonchev–Trinajstić information content (AvgIpc) is 2.64. The number of hydrogen-bond acceptors (Lipinski definition) is 3. The van der Waals surface area contributed by atoms with Gasteiger partial charge in [-0.2, -0.15) is 35.9 Å². The SMILES string of the molecule is CCOC(=O)[C@@H](CC(=O)[C@@H](C)Cc1cc[c-]cc1)Cc1ccc(F)cc1.[Y]. The van der Waals surface area contributed by atoms with E-state index in [1.165, 1.54) is 12.1 Å². The monoisotopic (exact) mass is 444 g/mol. The van der Waals surface area contributed by atoms with E-state index in [1.54, 1.807) is 19.1 Å². The van der Waals surface area contributed by atoms with Crippen molar-refractivity contribution >= 4 is 11.8 Å². The molecule has 0 spiro atoms. The van der Waals surface area contributed by atoms with E-state index in [0.29, 0.717) is 12.8 Å². The average molecular weight is 444 g/mol. The fourth-order valence-electron chi connectivity index (χ4n) is 2.87. The fraction of sp³-hybridized carbons (Fsp3) is 0.364. The Morgan fingerprint density at radius 2 is 1.63 bits per heavy atom. The van der Waals surface area contributed by atoms with Crippen LogP contribution in [-0.4, -0.2) is 18.4 Å². The van der Waals surface area contributed by atoms with Crippen LogP contribution in [0.25, 0.3) is 0 Å². The van der Waals surface area contributed by atoms with Crippen LogP contribution in [0, 0.1) is 23.7 Å². The van der Waals surface area contributed by atoms with Crippen LogP contribution >= 0.6 is 0 Å². The van der Waals surface area contributed by atoms with Crippen molar-refractivity contribution in [3.8, 4) is 0 Å². The first kappa shape index (κ1) is 23.7. The second-order valence-corrected chi connectivity index (χ2v) is 6.46. The molecule has 0 unspecified atom stereocenters. The van der Waals surface area contributed by atoms with Crippen molar-refractivity contribution in [2.24, 2.45) is 11.8 Å². The maximum Gasteiger partial charge on any atom is 0.309 e. The molecule has 1 radical (unpaired) electrons. The van der Waals surface area contributed by atoms with E-state index in [0.717, 1.165) is 11.1 Å². The molecule has 0 amide bonds. The van der Waals surface area contributed by atoms with E-state index in [-0.39, 0.29) is 69.2 Å². The quantitative estimate of drug-likeness (QED) is 0.431. The van der Waals surface area contributed by atoms with Crippen LogP contribution in [-0.2, 0) is 59.9 Å². The zero-order valence-electron chi connectivity index (χ0n) is 15.8. The van der Waals surface area contributed by atoms with E-state index in [1.807, 2.05) is 31.2 Å². The van der Waals surface area contributed by atoms with Crippen molar-refractivity contribution < 1.29 is 51.4 Å². The maximum atomic E-state index is 13.1. The molecule has 0 bridgehead atoms. The normalized spacial score (nSPS) is 12.6. The molecule has 0 aromatic heterocycles. The van der Waals surface area contributed by atoms with Gasteiger partial charge in [0.05, 0.1) is 12.5 Å². The summed E-state index contributed by atoms with van der Waals surface area (Å²) in [7, 11) is 0. The molecule has 141 valence electrons. The third-order valence-corrected chi connectivity index (χ3v) is 4.34. The molecule has 0 aliphatic carbocycles. The fourth-order valence-corrected chi connectivity index (χ4v) is 2.87. The van der Waals surface area contributed by atoms with Crippen LogP contribution in [0.4, 0.5) is 4.39 Å². The molecule has 2 aromatic carbocycles. The van der Waals surface area contributed by atoms with Crippen molar-refractivity contribution in [1.29, 1.82) is 0 Å². The number of carbonyl (C=O) groups excluding carboxylic acids is 2. The van der Waals surface area contributed by atoms with Gasteiger partial charge in [-0.25, -0.2) is 4.39 Å². The van der Waals surface area contributed by atoms with Gasteiger partial charge in [-0.15, -0.1) is 0 Å². The number of halogens is 1. The minimum atomic E-state index is -0.556. The van der Waals surface area contributed by atoms with Gasteiger partial charge in [-0.05, 0) is 37.5 Å². The summed E-state index contributed by atoms with van der Waals surface area (Å²) in [6.45, 7) is 3.88. The van der Waals surface area contributed by atoms with E-state index in [4.69, 9.17) is 4.74 Å². The molecular weight excluding hydrogens is 420 g/mol. The third kappa shape index (κ3) is 8.02. The van der Waals surface area contributed by atoms with Gasteiger partial charge in [-0.3, -0.25) is 9.59 Å². The molecule has 0 saturated carbocycles. The van der Waals surface area contributed by atoms with Gasteiger partial charge in [0.1, 0.15) is 11.6 Å². The number of esters is 1. The first-order chi connectivity index (χ1) is 12.5. The predicted molar refractivity (Wildman–Crippen MR) is 98.0 cm³/mol. The number of benzene rings is 2. The number of ketones is 1. The Morgan fingerprint density at radius 3 is 2.22 bits per heavy atom. The molecule has 2 atom stereocenters. The second-order valence-electron chi connectivity index (χ2n) is 6.46. The Kier molecular flexibility index (Phi) is 10.6. The van der Waals surface area contributed by atoms with Crippen LogP contribution in [0.2, 0.25) is 0 Å². The van der Waals surface area contributed by atoms with Crippen LogP contribution in [0.3, 0.4) is 0 Å². The molecule has 3 nitrogen and oxygen atoms in total. The van der Waals surface area contributed by atoms with Crippen molar-refractivity contribution in [2.75, 3.05) is 6.61 Å². The molecule has 0 aliphatic rings. The van der Waals surface area contributed by atoms with E-state index in [2.05, 4.69) is 6.07 Å². The molecular formula is C22H24FO3Y-. The van der Waals surface area contributed by atoms with Crippen molar-refractivity contribution in [2.45, 2.75) is 33.1 Å². The molecule has 0 aliphatic heterocycles. The van der Waals surface area contributed by atoms with Gasteiger partial charge < -0.3 is 4.74 Å². The minimum Gasteiger partial charge on any atom is -0.466 e. The summed E-state index contributed by atoms with van der Waals surface area (Å²) in [5.41, 5.74) is 1.87. The Balaban J connectivity index is 0.00000364. The molecule has 0 heterocycles. The predicted octanol–water partition coefficient (Wildman–Crippen LogP) is 4.18. The zero-order valence-corrected chi connectivity index (χ0v) is 18.6. The smallest absolute Gasteiger partial charge is 0.309 e. The number of carbonyl (C=O) groups is 2. The van der Waals surface area contributed by atoms with Crippen molar-refractivity contribution in [3.05, 3.63) is 71.5 Å². The maximum absolute atomic E-state index is 13.1. The van der Waals surface area contributed by atoms with Crippen LogP contribution in [0.15, 0.2) is 48.5 Å². The number of Topliss-reactive ketones (excluding diaryl/α,β-unsaturated/α-hetero) is 1. The summed E-state index contributed by atoms with van der Waals surface area (Å²) >= 11 is 0. The Labute approximate surface area is 185 Å². The summed E-state index contributed by atoms with van der Waals surface area (Å²) in [4.78, 5) is 24.9. The number of ether oxygens (including phenoxy) is 1. The van der Waals surface area contributed by atoms with Gasteiger partial charge in [0, 0.05) is 45.0 Å². The van der Waals surface area contributed by atoms with E-state index < -0.39 is 5.92 Å². The van der Waals surface area contributed by atoms with Crippen LogP contribution in [0.1, 0.15) is 31.4 Å². The molecule has 5 heteroatoms. The summed E-state index contributed by atoms with van der Waals surface area (Å²) in [5.74, 6) is -1.43. The topological polar surface area (TPSA) is 43.4 Å². The second kappa shape index (κ2) is 12.1. The van der Waals surface area contributed by atoms with E-state index in [9.17, 15) is 14.0 Å². The Hall–Kier alpha value is -1.39. The van der Waals surface area contributed by atoms with Crippen molar-refractivity contribution in [1.82, 2.24) is 0 Å². The molecule has 0 N–H and O–H groups in total. The van der Waals surface area contributed by atoms with Gasteiger partial charge >= 0.3 is 5.97 Å². The number of rotatable bonds is 9. The summed E-state index contributed by atoms with van der Waals surface area (Å²) in [5, 5.41) is 0.